The van der Waals surface area contributed by atoms with E-state index in [0.717, 1.165) is 15.7 Å². The number of nitrogens with zero attached hydrogens (tertiary/aromatic N) is 1. The minimum absolute atomic E-state index is 0.601. The molecule has 2 nitrogen and oxygen atoms in total. The van der Waals surface area contributed by atoms with Gasteiger partial charge < -0.3 is 5.73 Å². The zero-order valence-electron chi connectivity index (χ0n) is 9.73. The molecule has 0 amide bonds. The molecule has 1 aromatic heterocycles. The first-order valence-corrected chi connectivity index (χ1v) is 6.98. The molecule has 3 rings (SSSR count). The highest BCUT2D eigenvalue weighted by Crippen LogP contribution is 2.40. The Kier molecular flexibility index (Phi) is 2.85. The number of anilines is 1. The maximum absolute atomic E-state index is 6.11. The van der Waals surface area contributed by atoms with Crippen molar-refractivity contribution < 1.29 is 0 Å². The van der Waals surface area contributed by atoms with Crippen molar-refractivity contribution in [2.75, 3.05) is 5.73 Å². The van der Waals surface area contributed by atoms with E-state index in [1.54, 1.807) is 11.3 Å². The first-order valence-electron chi connectivity index (χ1n) is 6.16. The van der Waals surface area contributed by atoms with Crippen LogP contribution in [-0.2, 0) is 0 Å². The van der Waals surface area contributed by atoms with Gasteiger partial charge in [-0.3, -0.25) is 0 Å². The maximum Gasteiger partial charge on any atom is 0.125 e. The molecular weight excluding hydrogens is 228 g/mol. The Morgan fingerprint density at radius 2 is 1.82 bits per heavy atom. The van der Waals surface area contributed by atoms with Crippen LogP contribution in [0.5, 0.6) is 0 Å². The highest BCUT2D eigenvalue weighted by Gasteiger charge is 2.23. The summed E-state index contributed by atoms with van der Waals surface area (Å²) in [7, 11) is 0. The first kappa shape index (κ1) is 10.8. The molecule has 0 atom stereocenters. The van der Waals surface area contributed by atoms with Crippen LogP contribution in [-0.4, -0.2) is 4.98 Å². The molecule has 1 aliphatic rings. The molecule has 1 heterocycles. The Balaban J connectivity index is 1.95. The SMILES string of the molecule is Nc1sc(-c2ccccc2)nc1C1CCCC1. The van der Waals surface area contributed by atoms with Crippen molar-refractivity contribution in [3.05, 3.63) is 36.0 Å². The fourth-order valence-electron chi connectivity index (χ4n) is 2.54. The van der Waals surface area contributed by atoms with Crippen LogP contribution in [0, 0.1) is 0 Å². The van der Waals surface area contributed by atoms with Crippen LogP contribution < -0.4 is 5.73 Å². The van der Waals surface area contributed by atoms with Crippen LogP contribution >= 0.6 is 11.3 Å². The molecule has 1 fully saturated rings. The normalized spacial score (nSPS) is 16.5. The summed E-state index contributed by atoms with van der Waals surface area (Å²) in [6.07, 6.45) is 5.15. The van der Waals surface area contributed by atoms with Crippen molar-refractivity contribution in [2.45, 2.75) is 31.6 Å². The van der Waals surface area contributed by atoms with Gasteiger partial charge in [-0.05, 0) is 12.8 Å². The minimum Gasteiger partial charge on any atom is -0.389 e. The van der Waals surface area contributed by atoms with Gasteiger partial charge in [0.15, 0.2) is 0 Å². The van der Waals surface area contributed by atoms with Crippen LogP contribution in [0.25, 0.3) is 10.6 Å². The Morgan fingerprint density at radius 3 is 2.53 bits per heavy atom. The number of aromatic nitrogens is 1. The highest BCUT2D eigenvalue weighted by molar-refractivity contribution is 7.18. The average Bonchev–Trinajstić information content (AvgIpc) is 2.99. The summed E-state index contributed by atoms with van der Waals surface area (Å²) in [5.74, 6) is 0.601. The van der Waals surface area contributed by atoms with Crippen molar-refractivity contribution in [3.8, 4) is 10.6 Å². The van der Waals surface area contributed by atoms with Gasteiger partial charge in [0.1, 0.15) is 10.0 Å². The molecular formula is C14H16N2S. The zero-order valence-corrected chi connectivity index (χ0v) is 10.5. The number of hydrogen-bond donors (Lipinski definition) is 1. The van der Waals surface area contributed by atoms with Gasteiger partial charge in [0.2, 0.25) is 0 Å². The van der Waals surface area contributed by atoms with Crippen LogP contribution in [0.2, 0.25) is 0 Å². The van der Waals surface area contributed by atoms with Crippen molar-refractivity contribution >= 4 is 16.3 Å². The number of rotatable bonds is 2. The van der Waals surface area contributed by atoms with Crippen LogP contribution in [0.1, 0.15) is 37.3 Å². The van der Waals surface area contributed by atoms with E-state index in [1.807, 2.05) is 18.2 Å². The molecule has 1 aliphatic carbocycles. The minimum atomic E-state index is 0.601. The van der Waals surface area contributed by atoms with Crippen molar-refractivity contribution in [3.63, 3.8) is 0 Å². The molecule has 0 saturated heterocycles. The molecule has 0 bridgehead atoms. The lowest BCUT2D eigenvalue weighted by Gasteiger charge is -2.05. The predicted molar refractivity (Wildman–Crippen MR) is 73.2 cm³/mol. The Labute approximate surface area is 106 Å². The fourth-order valence-corrected chi connectivity index (χ4v) is 3.46. The van der Waals surface area contributed by atoms with Crippen molar-refractivity contribution in [1.29, 1.82) is 0 Å². The molecule has 0 aliphatic heterocycles. The van der Waals surface area contributed by atoms with Gasteiger partial charge in [-0.1, -0.05) is 54.5 Å². The molecule has 88 valence electrons. The number of nitrogen functional groups attached to an aromatic ring is 1. The second-order valence-electron chi connectivity index (χ2n) is 4.62. The van der Waals surface area contributed by atoms with E-state index in [2.05, 4.69) is 12.1 Å². The second kappa shape index (κ2) is 4.49. The van der Waals surface area contributed by atoms with Gasteiger partial charge in [0.05, 0.1) is 5.69 Å². The summed E-state index contributed by atoms with van der Waals surface area (Å²) < 4.78 is 0. The largest absolute Gasteiger partial charge is 0.389 e. The van der Waals surface area contributed by atoms with Crippen LogP contribution in [0.4, 0.5) is 5.00 Å². The summed E-state index contributed by atoms with van der Waals surface area (Å²) in [5, 5.41) is 1.97. The summed E-state index contributed by atoms with van der Waals surface area (Å²) in [4.78, 5) is 4.76. The van der Waals surface area contributed by atoms with Crippen molar-refractivity contribution in [1.82, 2.24) is 4.98 Å². The topological polar surface area (TPSA) is 38.9 Å². The standard InChI is InChI=1S/C14H16N2S/c15-13-12(10-6-4-5-7-10)16-14(17-13)11-8-2-1-3-9-11/h1-3,8-10H,4-7,15H2. The molecule has 0 spiro atoms. The number of thiazole rings is 1. The van der Waals surface area contributed by atoms with E-state index in [-0.39, 0.29) is 0 Å². The molecule has 1 saturated carbocycles. The monoisotopic (exact) mass is 244 g/mol. The smallest absolute Gasteiger partial charge is 0.125 e. The Bertz CT molecular complexity index is 498. The molecule has 17 heavy (non-hydrogen) atoms. The lowest BCUT2D eigenvalue weighted by atomic mass is 10.0. The van der Waals surface area contributed by atoms with E-state index in [9.17, 15) is 0 Å². The second-order valence-corrected chi connectivity index (χ2v) is 5.65. The van der Waals surface area contributed by atoms with Crippen LogP contribution in [0.3, 0.4) is 0 Å². The van der Waals surface area contributed by atoms with E-state index >= 15 is 0 Å². The van der Waals surface area contributed by atoms with Crippen LogP contribution in [0.15, 0.2) is 30.3 Å². The van der Waals surface area contributed by atoms with Crippen molar-refractivity contribution in [2.24, 2.45) is 0 Å². The van der Waals surface area contributed by atoms with Gasteiger partial charge in [-0.15, -0.1) is 0 Å². The third-order valence-corrected chi connectivity index (χ3v) is 4.39. The predicted octanol–water partition coefficient (Wildman–Crippen LogP) is 4.05. The molecule has 1 aromatic carbocycles. The average molecular weight is 244 g/mol. The summed E-state index contributed by atoms with van der Waals surface area (Å²) in [5.41, 5.74) is 8.43. The molecule has 2 aromatic rings. The molecule has 2 N–H and O–H groups in total. The van der Waals surface area contributed by atoms with Gasteiger partial charge in [0, 0.05) is 11.5 Å². The van der Waals surface area contributed by atoms with E-state index in [4.69, 9.17) is 10.7 Å². The summed E-state index contributed by atoms with van der Waals surface area (Å²) >= 11 is 1.62. The van der Waals surface area contributed by atoms with Gasteiger partial charge >= 0.3 is 0 Å². The molecule has 0 radical (unpaired) electrons. The summed E-state index contributed by atoms with van der Waals surface area (Å²) in [6.45, 7) is 0. The quantitative estimate of drug-likeness (QED) is 0.865. The van der Waals surface area contributed by atoms with Gasteiger partial charge in [0.25, 0.3) is 0 Å². The molecule has 0 unspecified atom stereocenters. The van der Waals surface area contributed by atoms with Gasteiger partial charge in [-0.25, -0.2) is 4.98 Å². The number of nitrogens with two attached hydrogens (primary N) is 1. The molecule has 3 heteroatoms. The summed E-state index contributed by atoms with van der Waals surface area (Å²) in [6, 6.07) is 10.3. The Hall–Kier alpha value is -1.35. The van der Waals surface area contributed by atoms with E-state index in [0.29, 0.717) is 5.92 Å². The lowest BCUT2D eigenvalue weighted by molar-refractivity contribution is 0.706. The third-order valence-electron chi connectivity index (χ3n) is 3.44. The van der Waals surface area contributed by atoms with E-state index < -0.39 is 0 Å². The maximum atomic E-state index is 6.11. The van der Waals surface area contributed by atoms with Gasteiger partial charge in [-0.2, -0.15) is 0 Å². The Morgan fingerprint density at radius 1 is 1.12 bits per heavy atom. The van der Waals surface area contributed by atoms with E-state index in [1.165, 1.54) is 31.2 Å². The third kappa shape index (κ3) is 2.07. The first-order chi connectivity index (χ1) is 8.34. The highest BCUT2D eigenvalue weighted by atomic mass is 32.1. The number of benzene rings is 1. The fraction of sp³-hybridized carbons (Fsp3) is 0.357. The lowest BCUT2D eigenvalue weighted by Crippen LogP contribution is -1.96. The zero-order chi connectivity index (χ0) is 11.7. The number of hydrogen-bond acceptors (Lipinski definition) is 3.